The molecule has 1 aromatic carbocycles. The maximum Gasteiger partial charge on any atom is 0.136 e. The molecule has 0 unspecified atom stereocenters. The Labute approximate surface area is 107 Å². The third-order valence-corrected chi connectivity index (χ3v) is 3.48. The van der Waals surface area contributed by atoms with Gasteiger partial charge >= 0.3 is 0 Å². The lowest BCUT2D eigenvalue weighted by molar-refractivity contribution is 0.153. The smallest absolute Gasteiger partial charge is 0.136 e. The monoisotopic (exact) mass is 246 g/mol. The minimum Gasteiger partial charge on any atom is -0.495 e. The highest BCUT2D eigenvalue weighted by Gasteiger charge is 2.23. The predicted molar refractivity (Wildman–Crippen MR) is 68.2 cm³/mol. The summed E-state index contributed by atoms with van der Waals surface area (Å²) in [6.07, 6.45) is 2.20. The summed E-state index contributed by atoms with van der Waals surface area (Å²) in [5.41, 5.74) is 1.67. The molecule has 1 fully saturated rings. The van der Waals surface area contributed by atoms with Crippen LogP contribution in [-0.2, 0) is 6.54 Å². The van der Waals surface area contributed by atoms with E-state index in [9.17, 15) is 5.11 Å². The van der Waals surface area contributed by atoms with E-state index >= 15 is 0 Å². The fourth-order valence-corrected chi connectivity index (χ4v) is 2.47. The average Bonchev–Trinajstić information content (AvgIpc) is 2.85. The molecule has 0 aliphatic carbocycles. The largest absolute Gasteiger partial charge is 0.495 e. The molecular weight excluding hydrogens is 228 g/mol. The first kappa shape index (κ1) is 12.9. The first-order valence-electron chi connectivity index (χ1n) is 6.20. The van der Waals surface area contributed by atoms with Crippen LogP contribution in [0, 0.1) is 11.3 Å². The number of hydrogen-bond acceptors (Lipinski definition) is 4. The molecule has 0 saturated carbocycles. The Kier molecular flexibility index (Phi) is 4.19. The van der Waals surface area contributed by atoms with E-state index in [0.29, 0.717) is 11.3 Å². The molecule has 1 aliphatic heterocycles. The van der Waals surface area contributed by atoms with Gasteiger partial charge in [-0.15, -0.1) is 0 Å². The highest BCUT2D eigenvalue weighted by molar-refractivity contribution is 5.45. The number of methoxy groups -OCH3 is 1. The number of ether oxygens (including phenoxy) is 1. The van der Waals surface area contributed by atoms with Crippen molar-refractivity contribution in [2.75, 3.05) is 20.3 Å². The number of likely N-dealkylation sites (tertiary alicyclic amines) is 1. The van der Waals surface area contributed by atoms with Gasteiger partial charge in [0.2, 0.25) is 0 Å². The molecule has 2 rings (SSSR count). The second-order valence-electron chi connectivity index (χ2n) is 4.60. The van der Waals surface area contributed by atoms with E-state index in [0.717, 1.165) is 31.5 Å². The average molecular weight is 246 g/mol. The van der Waals surface area contributed by atoms with Crippen LogP contribution in [0.25, 0.3) is 0 Å². The summed E-state index contributed by atoms with van der Waals surface area (Å²) in [6.45, 7) is 2.04. The first-order chi connectivity index (χ1) is 8.78. The van der Waals surface area contributed by atoms with Gasteiger partial charge in [-0.05, 0) is 37.1 Å². The Hall–Kier alpha value is -1.57. The molecule has 0 aromatic heterocycles. The van der Waals surface area contributed by atoms with Crippen LogP contribution in [0.3, 0.4) is 0 Å². The molecule has 4 heteroatoms. The van der Waals surface area contributed by atoms with Gasteiger partial charge in [-0.1, -0.05) is 6.07 Å². The van der Waals surface area contributed by atoms with Crippen molar-refractivity contribution in [3.8, 4) is 11.8 Å². The fourth-order valence-electron chi connectivity index (χ4n) is 2.47. The molecule has 1 atom stereocenters. The molecule has 18 heavy (non-hydrogen) atoms. The van der Waals surface area contributed by atoms with Gasteiger partial charge in [0.1, 0.15) is 11.8 Å². The summed E-state index contributed by atoms with van der Waals surface area (Å²) < 4.78 is 5.20. The van der Waals surface area contributed by atoms with Crippen molar-refractivity contribution in [2.24, 2.45) is 0 Å². The van der Waals surface area contributed by atoms with E-state index in [1.165, 1.54) is 0 Å². The fraction of sp³-hybridized carbons (Fsp3) is 0.500. The van der Waals surface area contributed by atoms with Crippen molar-refractivity contribution in [1.82, 2.24) is 4.90 Å². The minimum absolute atomic E-state index is 0.216. The summed E-state index contributed by atoms with van der Waals surface area (Å²) in [4.78, 5) is 2.28. The number of rotatable bonds is 4. The normalized spacial score (nSPS) is 19.7. The number of nitrogens with zero attached hydrogens (tertiary/aromatic N) is 2. The van der Waals surface area contributed by atoms with Crippen LogP contribution >= 0.6 is 0 Å². The SMILES string of the molecule is COc1cc(CN2CCC[C@@H]2CO)ccc1C#N. The quantitative estimate of drug-likeness (QED) is 0.875. The van der Waals surface area contributed by atoms with Crippen LogP contribution in [0.5, 0.6) is 5.75 Å². The molecule has 0 spiro atoms. The number of hydrogen-bond donors (Lipinski definition) is 1. The lowest BCUT2D eigenvalue weighted by Gasteiger charge is -2.22. The molecule has 1 saturated heterocycles. The Morgan fingerprint density at radius 2 is 2.39 bits per heavy atom. The second kappa shape index (κ2) is 5.85. The van der Waals surface area contributed by atoms with E-state index in [4.69, 9.17) is 10.00 Å². The summed E-state index contributed by atoms with van der Waals surface area (Å²) in [5, 5.41) is 18.2. The second-order valence-corrected chi connectivity index (χ2v) is 4.60. The zero-order valence-electron chi connectivity index (χ0n) is 10.6. The molecule has 1 aliphatic rings. The predicted octanol–water partition coefficient (Wildman–Crippen LogP) is 1.52. The van der Waals surface area contributed by atoms with Crippen LogP contribution in [0.15, 0.2) is 18.2 Å². The van der Waals surface area contributed by atoms with Crippen molar-refractivity contribution in [1.29, 1.82) is 5.26 Å². The van der Waals surface area contributed by atoms with E-state index < -0.39 is 0 Å². The van der Waals surface area contributed by atoms with Crippen LogP contribution in [-0.4, -0.2) is 36.3 Å². The zero-order valence-corrected chi connectivity index (χ0v) is 10.6. The van der Waals surface area contributed by atoms with Gasteiger partial charge in [-0.25, -0.2) is 0 Å². The van der Waals surface area contributed by atoms with Crippen molar-refractivity contribution in [3.63, 3.8) is 0 Å². The Bertz CT molecular complexity index is 454. The number of aliphatic hydroxyl groups is 1. The van der Waals surface area contributed by atoms with E-state index in [-0.39, 0.29) is 12.6 Å². The van der Waals surface area contributed by atoms with E-state index in [1.807, 2.05) is 12.1 Å². The number of benzene rings is 1. The molecule has 1 aromatic rings. The van der Waals surface area contributed by atoms with Crippen molar-refractivity contribution in [3.05, 3.63) is 29.3 Å². The van der Waals surface area contributed by atoms with E-state index in [1.54, 1.807) is 13.2 Å². The molecular formula is C14H18N2O2. The molecule has 1 heterocycles. The van der Waals surface area contributed by atoms with Gasteiger partial charge in [0.25, 0.3) is 0 Å². The molecule has 96 valence electrons. The first-order valence-corrected chi connectivity index (χ1v) is 6.20. The number of aliphatic hydroxyl groups excluding tert-OH is 1. The topological polar surface area (TPSA) is 56.5 Å². The molecule has 0 amide bonds. The highest BCUT2D eigenvalue weighted by Crippen LogP contribution is 2.23. The van der Waals surface area contributed by atoms with Crippen molar-refractivity contribution < 1.29 is 9.84 Å². The standard InChI is InChI=1S/C14H18N2O2/c1-18-14-7-11(4-5-12(14)8-15)9-16-6-2-3-13(16)10-17/h4-5,7,13,17H,2-3,6,9-10H2,1H3/t13-/m1/s1. The zero-order chi connectivity index (χ0) is 13.0. The maximum absolute atomic E-state index is 9.29. The van der Waals surface area contributed by atoms with Crippen molar-refractivity contribution >= 4 is 0 Å². The third kappa shape index (κ3) is 2.63. The van der Waals surface area contributed by atoms with E-state index in [2.05, 4.69) is 11.0 Å². The van der Waals surface area contributed by atoms with Crippen LogP contribution in [0.2, 0.25) is 0 Å². The molecule has 0 bridgehead atoms. The summed E-state index contributed by atoms with van der Waals surface area (Å²) >= 11 is 0. The maximum atomic E-state index is 9.29. The third-order valence-electron chi connectivity index (χ3n) is 3.48. The summed E-state index contributed by atoms with van der Waals surface area (Å²) in [6, 6.07) is 8.03. The Morgan fingerprint density at radius 1 is 1.56 bits per heavy atom. The Morgan fingerprint density at radius 3 is 3.06 bits per heavy atom. The van der Waals surface area contributed by atoms with Crippen LogP contribution in [0.1, 0.15) is 24.0 Å². The summed E-state index contributed by atoms with van der Waals surface area (Å²) in [7, 11) is 1.58. The van der Waals surface area contributed by atoms with Crippen LogP contribution in [0.4, 0.5) is 0 Å². The van der Waals surface area contributed by atoms with Gasteiger partial charge in [0.15, 0.2) is 0 Å². The molecule has 0 radical (unpaired) electrons. The summed E-state index contributed by atoms with van der Waals surface area (Å²) in [5.74, 6) is 0.620. The highest BCUT2D eigenvalue weighted by atomic mass is 16.5. The van der Waals surface area contributed by atoms with Gasteiger partial charge in [0.05, 0.1) is 19.3 Å². The van der Waals surface area contributed by atoms with Crippen LogP contribution < -0.4 is 4.74 Å². The molecule has 4 nitrogen and oxygen atoms in total. The van der Waals surface area contributed by atoms with Gasteiger partial charge < -0.3 is 9.84 Å². The van der Waals surface area contributed by atoms with Gasteiger partial charge in [-0.2, -0.15) is 5.26 Å². The van der Waals surface area contributed by atoms with Crippen molar-refractivity contribution in [2.45, 2.75) is 25.4 Å². The Balaban J connectivity index is 2.12. The molecule has 1 N–H and O–H groups in total. The minimum atomic E-state index is 0.216. The lowest BCUT2D eigenvalue weighted by atomic mass is 10.1. The van der Waals surface area contributed by atoms with Gasteiger partial charge in [-0.3, -0.25) is 4.90 Å². The number of nitriles is 1. The van der Waals surface area contributed by atoms with Gasteiger partial charge in [0, 0.05) is 12.6 Å². The lowest BCUT2D eigenvalue weighted by Crippen LogP contribution is -2.31.